The molecule has 2 aromatic carbocycles. The van der Waals surface area contributed by atoms with Crippen LogP contribution in [-0.4, -0.2) is 20.6 Å². The van der Waals surface area contributed by atoms with Crippen molar-refractivity contribution < 1.29 is 0 Å². The molecule has 0 radical (unpaired) electrons. The molecule has 0 amide bonds. The SMILES string of the molecule is CC(=Cc1ccc(-c2nn[nH]n2)cc1)c1cc2c(cc1C)C(C)(C)CC2(C)C. The smallest absolute Gasteiger partial charge is 0.177 e. The monoisotopic (exact) mass is 372 g/mol. The number of aromatic nitrogens is 4. The van der Waals surface area contributed by atoms with Crippen LogP contribution in [0.2, 0.25) is 0 Å². The number of nitrogens with zero attached hydrogens (tertiary/aromatic N) is 3. The van der Waals surface area contributed by atoms with Gasteiger partial charge in [-0.05, 0) is 69.7 Å². The second-order valence-corrected chi connectivity index (χ2v) is 9.34. The molecular formula is C24H28N4. The summed E-state index contributed by atoms with van der Waals surface area (Å²) in [7, 11) is 0. The van der Waals surface area contributed by atoms with Gasteiger partial charge in [0.2, 0.25) is 5.82 Å². The van der Waals surface area contributed by atoms with Crippen molar-refractivity contribution in [2.24, 2.45) is 0 Å². The second-order valence-electron chi connectivity index (χ2n) is 9.34. The van der Waals surface area contributed by atoms with Crippen LogP contribution in [0.1, 0.15) is 68.9 Å². The third-order valence-electron chi connectivity index (χ3n) is 6.03. The van der Waals surface area contributed by atoms with Gasteiger partial charge in [-0.25, -0.2) is 0 Å². The largest absolute Gasteiger partial charge is 0.204 e. The van der Waals surface area contributed by atoms with Crippen LogP contribution in [0.5, 0.6) is 0 Å². The zero-order valence-electron chi connectivity index (χ0n) is 17.6. The molecule has 1 aliphatic carbocycles. The number of allylic oxidation sites excluding steroid dienone is 1. The van der Waals surface area contributed by atoms with E-state index in [4.69, 9.17) is 0 Å². The molecule has 144 valence electrons. The molecule has 0 saturated heterocycles. The van der Waals surface area contributed by atoms with E-state index in [-0.39, 0.29) is 10.8 Å². The van der Waals surface area contributed by atoms with Gasteiger partial charge in [0.05, 0.1) is 0 Å². The Kier molecular flexibility index (Phi) is 4.25. The van der Waals surface area contributed by atoms with Crippen molar-refractivity contribution in [3.63, 3.8) is 0 Å². The molecule has 0 bridgehead atoms. The fourth-order valence-corrected chi connectivity index (χ4v) is 4.89. The number of aromatic amines is 1. The van der Waals surface area contributed by atoms with Gasteiger partial charge in [-0.15, -0.1) is 10.2 Å². The molecule has 0 spiro atoms. The van der Waals surface area contributed by atoms with Gasteiger partial charge in [0.15, 0.2) is 0 Å². The van der Waals surface area contributed by atoms with Gasteiger partial charge in [0.1, 0.15) is 0 Å². The first-order valence-electron chi connectivity index (χ1n) is 9.85. The molecule has 0 aliphatic heterocycles. The average Bonchev–Trinajstić information content (AvgIpc) is 3.20. The number of hydrogen-bond donors (Lipinski definition) is 1. The lowest BCUT2D eigenvalue weighted by molar-refractivity contribution is 0.403. The lowest BCUT2D eigenvalue weighted by Crippen LogP contribution is -2.17. The van der Waals surface area contributed by atoms with Crippen LogP contribution >= 0.6 is 0 Å². The lowest BCUT2D eigenvalue weighted by Gasteiger charge is -2.22. The Morgan fingerprint density at radius 2 is 1.64 bits per heavy atom. The maximum absolute atomic E-state index is 4.03. The quantitative estimate of drug-likeness (QED) is 0.601. The fourth-order valence-electron chi connectivity index (χ4n) is 4.89. The maximum atomic E-state index is 4.03. The van der Waals surface area contributed by atoms with Crippen molar-refractivity contribution in [2.45, 2.75) is 58.8 Å². The Morgan fingerprint density at radius 3 is 2.25 bits per heavy atom. The van der Waals surface area contributed by atoms with Crippen LogP contribution in [0.4, 0.5) is 0 Å². The molecule has 0 fully saturated rings. The molecule has 1 aliphatic rings. The van der Waals surface area contributed by atoms with Gasteiger partial charge in [0, 0.05) is 5.56 Å². The number of rotatable bonds is 3. The summed E-state index contributed by atoms with van der Waals surface area (Å²) in [5, 5.41) is 14.2. The summed E-state index contributed by atoms with van der Waals surface area (Å²) in [5.74, 6) is 0.617. The van der Waals surface area contributed by atoms with Gasteiger partial charge < -0.3 is 0 Å². The number of hydrogen-bond acceptors (Lipinski definition) is 3. The van der Waals surface area contributed by atoms with Crippen LogP contribution in [-0.2, 0) is 10.8 Å². The first kappa shape index (κ1) is 18.6. The van der Waals surface area contributed by atoms with Crippen LogP contribution in [0.3, 0.4) is 0 Å². The molecule has 3 aromatic rings. The van der Waals surface area contributed by atoms with Crippen LogP contribution < -0.4 is 0 Å². The fraction of sp³-hybridized carbons (Fsp3) is 0.375. The summed E-state index contributed by atoms with van der Waals surface area (Å²) in [6.07, 6.45) is 3.44. The molecule has 0 unspecified atom stereocenters. The Labute approximate surface area is 167 Å². The van der Waals surface area contributed by atoms with E-state index in [9.17, 15) is 0 Å². The van der Waals surface area contributed by atoms with E-state index in [1.54, 1.807) is 0 Å². The zero-order valence-corrected chi connectivity index (χ0v) is 17.6. The lowest BCUT2D eigenvalue weighted by atomic mass is 9.82. The number of benzene rings is 2. The maximum Gasteiger partial charge on any atom is 0.204 e. The van der Waals surface area contributed by atoms with Gasteiger partial charge in [0.25, 0.3) is 0 Å². The van der Waals surface area contributed by atoms with Gasteiger partial charge >= 0.3 is 0 Å². The summed E-state index contributed by atoms with van der Waals surface area (Å²) in [6.45, 7) is 13.9. The summed E-state index contributed by atoms with van der Waals surface area (Å²) in [5.41, 5.74) is 9.57. The molecule has 4 rings (SSSR count). The molecule has 0 saturated carbocycles. The van der Waals surface area contributed by atoms with Crippen molar-refractivity contribution in [1.29, 1.82) is 0 Å². The number of tetrazole rings is 1. The number of H-pyrrole nitrogens is 1. The highest BCUT2D eigenvalue weighted by Gasteiger charge is 2.42. The first-order chi connectivity index (χ1) is 13.2. The minimum absolute atomic E-state index is 0.216. The average molecular weight is 373 g/mol. The van der Waals surface area contributed by atoms with Crippen LogP contribution in [0, 0.1) is 6.92 Å². The summed E-state index contributed by atoms with van der Waals surface area (Å²) >= 11 is 0. The minimum atomic E-state index is 0.216. The third kappa shape index (κ3) is 3.17. The van der Waals surface area contributed by atoms with E-state index in [0.717, 1.165) is 5.56 Å². The van der Waals surface area contributed by atoms with E-state index in [0.29, 0.717) is 5.82 Å². The number of aryl methyl sites for hydroxylation is 1. The highest BCUT2D eigenvalue weighted by atomic mass is 15.5. The molecule has 1 aromatic heterocycles. The Bertz CT molecular complexity index is 1040. The highest BCUT2D eigenvalue weighted by molar-refractivity contribution is 5.82. The zero-order chi connectivity index (χ0) is 20.1. The van der Waals surface area contributed by atoms with Gasteiger partial charge in [-0.2, -0.15) is 5.21 Å². The summed E-state index contributed by atoms with van der Waals surface area (Å²) in [6, 6.07) is 13.1. The molecule has 1 N–H and O–H groups in total. The summed E-state index contributed by atoms with van der Waals surface area (Å²) < 4.78 is 0. The van der Waals surface area contributed by atoms with Crippen molar-refractivity contribution in [1.82, 2.24) is 20.6 Å². The van der Waals surface area contributed by atoms with Crippen molar-refractivity contribution in [3.05, 3.63) is 64.2 Å². The van der Waals surface area contributed by atoms with Crippen molar-refractivity contribution in [3.8, 4) is 11.4 Å². The second kappa shape index (κ2) is 6.40. The standard InChI is InChI=1S/C24H28N4/c1-15(11-17-7-9-18(10-8-17)22-25-27-28-26-22)19-13-21-20(12-16(19)2)23(3,4)14-24(21,5)6/h7-13H,14H2,1-6H3,(H,25,26,27,28). The normalized spacial score (nSPS) is 17.6. The van der Waals surface area contributed by atoms with Gasteiger partial charge in [-0.3, -0.25) is 0 Å². The molecule has 1 heterocycles. The summed E-state index contributed by atoms with van der Waals surface area (Å²) in [4.78, 5) is 0. The first-order valence-corrected chi connectivity index (χ1v) is 9.85. The van der Waals surface area contributed by atoms with Crippen LogP contribution in [0.25, 0.3) is 23.0 Å². The van der Waals surface area contributed by atoms with Crippen molar-refractivity contribution in [2.75, 3.05) is 0 Å². The Morgan fingerprint density at radius 1 is 1.00 bits per heavy atom. The topological polar surface area (TPSA) is 54.5 Å². The van der Waals surface area contributed by atoms with E-state index in [1.807, 2.05) is 12.1 Å². The molecule has 0 atom stereocenters. The Hall–Kier alpha value is -2.75. The Balaban J connectivity index is 1.70. The number of fused-ring (bicyclic) bond motifs is 1. The highest BCUT2D eigenvalue weighted by Crippen LogP contribution is 2.50. The molecule has 4 heteroatoms. The predicted molar refractivity (Wildman–Crippen MR) is 115 cm³/mol. The minimum Gasteiger partial charge on any atom is -0.177 e. The van der Waals surface area contributed by atoms with E-state index in [1.165, 1.54) is 39.8 Å². The molecule has 4 nitrogen and oxygen atoms in total. The van der Waals surface area contributed by atoms with Crippen LogP contribution in [0.15, 0.2) is 36.4 Å². The van der Waals surface area contributed by atoms with E-state index < -0.39 is 0 Å². The predicted octanol–water partition coefficient (Wildman–Crippen LogP) is 5.69. The van der Waals surface area contributed by atoms with Crippen molar-refractivity contribution >= 4 is 11.6 Å². The van der Waals surface area contributed by atoms with E-state index in [2.05, 4.69) is 92.5 Å². The number of nitrogens with one attached hydrogen (secondary N) is 1. The van der Waals surface area contributed by atoms with E-state index >= 15 is 0 Å². The third-order valence-corrected chi connectivity index (χ3v) is 6.03. The molecular weight excluding hydrogens is 344 g/mol. The van der Waals surface area contributed by atoms with Gasteiger partial charge in [-0.1, -0.05) is 70.2 Å². The molecule has 28 heavy (non-hydrogen) atoms.